The molecule has 0 aliphatic carbocycles. The number of hydrogen-bond acceptors (Lipinski definition) is 4. The first-order chi connectivity index (χ1) is 12.5. The number of nitrogens with two attached hydrogens (primary N) is 1. The number of aromatic nitrogens is 1. The molecule has 3 rings (SSSR count). The van der Waals surface area contributed by atoms with Gasteiger partial charge >= 0.3 is 0 Å². The van der Waals surface area contributed by atoms with Crippen molar-refractivity contribution in [2.24, 2.45) is 0 Å². The molecule has 3 aromatic rings. The Hall–Kier alpha value is -2.61. The fourth-order valence-corrected chi connectivity index (χ4v) is 2.92. The number of anilines is 1. The number of aryl methyl sites for hydroxylation is 1. The Morgan fingerprint density at radius 2 is 1.96 bits per heavy atom. The molecule has 1 amide bonds. The Labute approximate surface area is 165 Å². The molecule has 0 atom stereocenters. The zero-order chi connectivity index (χ0) is 18.5. The van der Waals surface area contributed by atoms with Gasteiger partial charge in [-0.3, -0.25) is 4.79 Å². The van der Waals surface area contributed by atoms with Crippen LogP contribution in [0.1, 0.15) is 21.6 Å². The summed E-state index contributed by atoms with van der Waals surface area (Å²) in [5.74, 6) is 1.50. The summed E-state index contributed by atoms with van der Waals surface area (Å²) >= 11 is 2.23. The summed E-state index contributed by atoms with van der Waals surface area (Å²) in [6.45, 7) is 2.20. The highest BCUT2D eigenvalue weighted by Crippen LogP contribution is 2.26. The summed E-state index contributed by atoms with van der Waals surface area (Å²) in [6, 6.07) is 18.9. The van der Waals surface area contributed by atoms with Gasteiger partial charge in [0.2, 0.25) is 0 Å². The maximum Gasteiger partial charge on any atom is 0.255 e. The number of amides is 1. The van der Waals surface area contributed by atoms with E-state index in [0.717, 1.165) is 26.3 Å². The van der Waals surface area contributed by atoms with Crippen molar-refractivity contribution in [2.75, 3.05) is 5.73 Å². The number of nitrogens with one attached hydrogen (secondary N) is 1. The number of ether oxygens (including phenoxy) is 1. The first kappa shape index (κ1) is 18.2. The van der Waals surface area contributed by atoms with Crippen molar-refractivity contribution in [1.29, 1.82) is 0 Å². The molecule has 3 N–H and O–H groups in total. The number of para-hydroxylation sites is 1. The van der Waals surface area contributed by atoms with E-state index >= 15 is 0 Å². The number of nitrogen functional groups attached to an aromatic ring is 1. The van der Waals surface area contributed by atoms with Crippen LogP contribution in [-0.2, 0) is 6.54 Å². The van der Waals surface area contributed by atoms with Gasteiger partial charge in [0, 0.05) is 12.2 Å². The monoisotopic (exact) mass is 459 g/mol. The van der Waals surface area contributed by atoms with Gasteiger partial charge in [-0.1, -0.05) is 24.3 Å². The van der Waals surface area contributed by atoms with Gasteiger partial charge in [-0.05, 0) is 71.5 Å². The third kappa shape index (κ3) is 4.51. The zero-order valence-electron chi connectivity index (χ0n) is 14.2. The summed E-state index contributed by atoms with van der Waals surface area (Å²) in [6.07, 6.45) is 0. The standard InChI is InChI=1S/C20H18IN3O2/c1-13-9-10-16(19(22)24-13)20(25)23-12-14-5-4-6-15(11-14)26-18-8-3-2-7-17(18)21/h2-11H,12H2,1H3,(H2,22,24)(H,23,25). The minimum atomic E-state index is -0.251. The second-order valence-corrected chi connectivity index (χ2v) is 6.91. The van der Waals surface area contributed by atoms with Crippen LogP contribution in [-0.4, -0.2) is 10.9 Å². The molecule has 0 aliphatic rings. The van der Waals surface area contributed by atoms with E-state index < -0.39 is 0 Å². The molecule has 2 aromatic carbocycles. The molecule has 1 aromatic heterocycles. The fraction of sp³-hybridized carbons (Fsp3) is 0.100. The number of halogens is 1. The third-order valence-corrected chi connectivity index (χ3v) is 4.62. The van der Waals surface area contributed by atoms with Gasteiger partial charge < -0.3 is 15.8 Å². The molecular formula is C20H18IN3O2. The fourth-order valence-electron chi connectivity index (χ4n) is 2.42. The molecule has 0 radical (unpaired) electrons. The van der Waals surface area contributed by atoms with Crippen molar-refractivity contribution in [3.8, 4) is 11.5 Å². The normalized spacial score (nSPS) is 10.4. The lowest BCUT2D eigenvalue weighted by molar-refractivity contribution is 0.0951. The van der Waals surface area contributed by atoms with E-state index in [4.69, 9.17) is 10.5 Å². The summed E-state index contributed by atoms with van der Waals surface area (Å²) in [5.41, 5.74) is 7.91. The number of carbonyl (C=O) groups excluding carboxylic acids is 1. The molecule has 132 valence electrons. The van der Waals surface area contributed by atoms with Crippen molar-refractivity contribution in [3.05, 3.63) is 81.1 Å². The molecule has 0 unspecified atom stereocenters. The largest absolute Gasteiger partial charge is 0.456 e. The molecule has 0 saturated heterocycles. The molecule has 0 bridgehead atoms. The topological polar surface area (TPSA) is 77.2 Å². The molecule has 0 spiro atoms. The zero-order valence-corrected chi connectivity index (χ0v) is 16.4. The van der Waals surface area contributed by atoms with Crippen LogP contribution in [0.25, 0.3) is 0 Å². The number of carbonyl (C=O) groups is 1. The Balaban J connectivity index is 1.67. The van der Waals surface area contributed by atoms with Gasteiger partial charge in [0.25, 0.3) is 5.91 Å². The number of rotatable bonds is 5. The summed E-state index contributed by atoms with van der Waals surface area (Å²) in [7, 11) is 0. The van der Waals surface area contributed by atoms with E-state index in [1.807, 2.05) is 55.5 Å². The average Bonchev–Trinajstić information content (AvgIpc) is 2.62. The number of benzene rings is 2. The minimum Gasteiger partial charge on any atom is -0.456 e. The number of nitrogens with zero attached hydrogens (tertiary/aromatic N) is 1. The van der Waals surface area contributed by atoms with E-state index in [0.29, 0.717) is 12.1 Å². The third-order valence-electron chi connectivity index (χ3n) is 3.72. The Morgan fingerprint density at radius 3 is 2.73 bits per heavy atom. The Kier molecular flexibility index (Phi) is 5.72. The molecule has 0 fully saturated rings. The van der Waals surface area contributed by atoms with Gasteiger partial charge in [0.1, 0.15) is 17.3 Å². The van der Waals surface area contributed by atoms with Crippen LogP contribution >= 0.6 is 22.6 Å². The van der Waals surface area contributed by atoms with Crippen molar-refractivity contribution in [2.45, 2.75) is 13.5 Å². The number of hydrogen-bond donors (Lipinski definition) is 2. The lowest BCUT2D eigenvalue weighted by Crippen LogP contribution is -2.24. The van der Waals surface area contributed by atoms with E-state index in [1.165, 1.54) is 0 Å². The van der Waals surface area contributed by atoms with Crippen LogP contribution in [0.15, 0.2) is 60.7 Å². The van der Waals surface area contributed by atoms with Gasteiger partial charge in [-0.25, -0.2) is 4.98 Å². The lowest BCUT2D eigenvalue weighted by Gasteiger charge is -2.10. The maximum atomic E-state index is 12.3. The smallest absolute Gasteiger partial charge is 0.255 e. The highest BCUT2D eigenvalue weighted by atomic mass is 127. The first-order valence-electron chi connectivity index (χ1n) is 8.05. The number of pyridine rings is 1. The van der Waals surface area contributed by atoms with E-state index in [-0.39, 0.29) is 11.7 Å². The van der Waals surface area contributed by atoms with Crippen LogP contribution in [0, 0.1) is 10.5 Å². The first-order valence-corrected chi connectivity index (χ1v) is 9.13. The van der Waals surface area contributed by atoms with Crippen molar-refractivity contribution >= 4 is 34.3 Å². The highest BCUT2D eigenvalue weighted by molar-refractivity contribution is 14.1. The molecule has 0 saturated carbocycles. The van der Waals surface area contributed by atoms with Crippen LogP contribution < -0.4 is 15.8 Å². The molecule has 5 nitrogen and oxygen atoms in total. The van der Waals surface area contributed by atoms with Crippen LogP contribution in [0.5, 0.6) is 11.5 Å². The minimum absolute atomic E-state index is 0.234. The van der Waals surface area contributed by atoms with Crippen molar-refractivity contribution in [1.82, 2.24) is 10.3 Å². The summed E-state index contributed by atoms with van der Waals surface area (Å²) < 4.78 is 6.96. The van der Waals surface area contributed by atoms with Crippen molar-refractivity contribution in [3.63, 3.8) is 0 Å². The van der Waals surface area contributed by atoms with Crippen molar-refractivity contribution < 1.29 is 9.53 Å². The maximum absolute atomic E-state index is 12.3. The second kappa shape index (κ2) is 8.18. The van der Waals surface area contributed by atoms with E-state index in [9.17, 15) is 4.79 Å². The molecule has 26 heavy (non-hydrogen) atoms. The second-order valence-electron chi connectivity index (χ2n) is 5.75. The van der Waals surface area contributed by atoms with Crippen LogP contribution in [0.3, 0.4) is 0 Å². The average molecular weight is 459 g/mol. The molecular weight excluding hydrogens is 441 g/mol. The Morgan fingerprint density at radius 1 is 1.15 bits per heavy atom. The van der Waals surface area contributed by atoms with Gasteiger partial charge in [0.15, 0.2) is 0 Å². The van der Waals surface area contributed by atoms with E-state index in [2.05, 4.69) is 32.9 Å². The van der Waals surface area contributed by atoms with E-state index in [1.54, 1.807) is 12.1 Å². The lowest BCUT2D eigenvalue weighted by atomic mass is 10.2. The highest BCUT2D eigenvalue weighted by Gasteiger charge is 2.11. The molecule has 1 heterocycles. The van der Waals surface area contributed by atoms with Crippen LogP contribution in [0.4, 0.5) is 5.82 Å². The predicted octanol–water partition coefficient (Wildman–Crippen LogP) is 4.30. The quantitative estimate of drug-likeness (QED) is 0.558. The van der Waals surface area contributed by atoms with Gasteiger partial charge in [0.05, 0.1) is 9.13 Å². The van der Waals surface area contributed by atoms with Gasteiger partial charge in [-0.2, -0.15) is 0 Å². The molecule has 6 heteroatoms. The molecule has 0 aliphatic heterocycles. The Bertz CT molecular complexity index is 944. The summed E-state index contributed by atoms with van der Waals surface area (Å²) in [5, 5.41) is 2.86. The van der Waals surface area contributed by atoms with Gasteiger partial charge in [-0.15, -0.1) is 0 Å². The predicted molar refractivity (Wildman–Crippen MR) is 110 cm³/mol. The van der Waals surface area contributed by atoms with Crippen LogP contribution in [0.2, 0.25) is 0 Å². The summed E-state index contributed by atoms with van der Waals surface area (Å²) in [4.78, 5) is 16.4. The SMILES string of the molecule is Cc1ccc(C(=O)NCc2cccc(Oc3ccccc3I)c2)c(N)n1.